The van der Waals surface area contributed by atoms with Crippen molar-refractivity contribution in [1.29, 1.82) is 0 Å². The molecule has 1 N–H and O–H groups in total. The summed E-state index contributed by atoms with van der Waals surface area (Å²) in [6, 6.07) is 5.57. The molecule has 1 aliphatic rings. The van der Waals surface area contributed by atoms with Crippen LogP contribution in [-0.4, -0.2) is 43.0 Å². The maximum Gasteiger partial charge on any atom is 0.228 e. The van der Waals surface area contributed by atoms with Crippen LogP contribution in [0.3, 0.4) is 0 Å². The number of fused-ring (bicyclic) bond motifs is 1. The van der Waals surface area contributed by atoms with Crippen LogP contribution in [-0.2, 0) is 14.8 Å². The number of nitrogens with zero attached hydrogens (tertiary/aromatic N) is 2. The maximum absolute atomic E-state index is 12.4. The first kappa shape index (κ1) is 15.4. The molecule has 1 aromatic carbocycles. The van der Waals surface area contributed by atoms with Gasteiger partial charge in [-0.3, -0.25) is 4.79 Å². The third-order valence-corrected chi connectivity index (χ3v) is 5.88. The molecule has 1 atom stereocenters. The molecule has 6 nitrogen and oxygen atoms in total. The Labute approximate surface area is 133 Å². The minimum absolute atomic E-state index is 0.128. The monoisotopic (exact) mass is 339 g/mol. The molecule has 1 aliphatic heterocycles. The van der Waals surface area contributed by atoms with Crippen LogP contribution in [0.4, 0.5) is 5.69 Å². The Morgan fingerprint density at radius 1 is 1.45 bits per heavy atom. The number of benzene rings is 1. The average molecular weight is 339 g/mol. The Morgan fingerprint density at radius 3 is 3.05 bits per heavy atom. The van der Waals surface area contributed by atoms with Gasteiger partial charge in [0.1, 0.15) is 0 Å². The molecule has 1 saturated heterocycles. The fourth-order valence-corrected chi connectivity index (χ4v) is 4.26. The molecule has 1 amide bonds. The predicted octanol–water partition coefficient (Wildman–Crippen LogP) is 1.91. The third kappa shape index (κ3) is 3.29. The van der Waals surface area contributed by atoms with Crippen molar-refractivity contribution in [3.05, 3.63) is 23.7 Å². The highest BCUT2D eigenvalue weighted by atomic mass is 32.2. The van der Waals surface area contributed by atoms with Crippen LogP contribution >= 0.6 is 11.3 Å². The number of hydrogen-bond donors (Lipinski definition) is 1. The van der Waals surface area contributed by atoms with E-state index in [2.05, 4.69) is 10.3 Å². The zero-order chi connectivity index (χ0) is 15.7. The van der Waals surface area contributed by atoms with Crippen molar-refractivity contribution in [2.24, 2.45) is 5.92 Å². The number of carbonyl (C=O) groups excluding carboxylic acids is 1. The minimum atomic E-state index is -3.24. The Morgan fingerprint density at radius 2 is 2.27 bits per heavy atom. The first-order valence-corrected chi connectivity index (χ1v) is 9.75. The van der Waals surface area contributed by atoms with Gasteiger partial charge in [0.2, 0.25) is 15.9 Å². The van der Waals surface area contributed by atoms with E-state index in [0.717, 1.165) is 15.9 Å². The maximum atomic E-state index is 12.4. The van der Waals surface area contributed by atoms with Gasteiger partial charge in [0.05, 0.1) is 27.9 Å². The molecule has 22 heavy (non-hydrogen) atoms. The lowest BCUT2D eigenvalue weighted by atomic mass is 9.99. The van der Waals surface area contributed by atoms with E-state index in [9.17, 15) is 13.2 Å². The summed E-state index contributed by atoms with van der Waals surface area (Å²) < 4.78 is 25.6. The molecule has 1 unspecified atom stereocenters. The number of rotatable bonds is 3. The van der Waals surface area contributed by atoms with E-state index in [-0.39, 0.29) is 18.4 Å². The predicted molar refractivity (Wildman–Crippen MR) is 87.4 cm³/mol. The number of nitrogens with one attached hydrogen (secondary N) is 1. The Balaban J connectivity index is 1.70. The first-order chi connectivity index (χ1) is 10.4. The van der Waals surface area contributed by atoms with Gasteiger partial charge in [-0.05, 0) is 31.0 Å². The van der Waals surface area contributed by atoms with Crippen LogP contribution in [0, 0.1) is 5.92 Å². The van der Waals surface area contributed by atoms with Gasteiger partial charge in [0, 0.05) is 18.8 Å². The number of piperidine rings is 1. The second-order valence-corrected chi connectivity index (χ2v) is 8.35. The van der Waals surface area contributed by atoms with E-state index >= 15 is 0 Å². The minimum Gasteiger partial charge on any atom is -0.326 e. The molecule has 118 valence electrons. The van der Waals surface area contributed by atoms with Crippen molar-refractivity contribution in [3.63, 3.8) is 0 Å². The number of carbonyl (C=O) groups is 1. The molecular weight excluding hydrogens is 322 g/mol. The second-order valence-electron chi connectivity index (χ2n) is 5.48. The highest BCUT2D eigenvalue weighted by molar-refractivity contribution is 7.88. The number of aromatic nitrogens is 1. The average Bonchev–Trinajstić information content (AvgIpc) is 2.94. The van der Waals surface area contributed by atoms with Crippen molar-refractivity contribution in [2.45, 2.75) is 12.8 Å². The topological polar surface area (TPSA) is 79.4 Å². The van der Waals surface area contributed by atoms with Gasteiger partial charge in [0.15, 0.2) is 0 Å². The molecule has 0 radical (unpaired) electrons. The van der Waals surface area contributed by atoms with Crippen molar-refractivity contribution < 1.29 is 13.2 Å². The smallest absolute Gasteiger partial charge is 0.228 e. The van der Waals surface area contributed by atoms with E-state index in [1.165, 1.54) is 21.9 Å². The largest absolute Gasteiger partial charge is 0.326 e. The number of sulfonamides is 1. The molecule has 1 fully saturated rings. The van der Waals surface area contributed by atoms with E-state index in [1.807, 2.05) is 18.2 Å². The fraction of sp³-hybridized carbons (Fsp3) is 0.429. The normalized spacial score (nSPS) is 20.1. The summed E-state index contributed by atoms with van der Waals surface area (Å²) in [6.45, 7) is 0.753. The Bertz CT molecular complexity index is 801. The second kappa shape index (κ2) is 5.94. The SMILES string of the molecule is CS(=O)(=O)N1CCCC(C(=O)Nc2ccc3ncsc3c2)C1. The summed E-state index contributed by atoms with van der Waals surface area (Å²) in [7, 11) is -3.24. The molecule has 2 aromatic rings. The summed E-state index contributed by atoms with van der Waals surface area (Å²) in [5, 5.41) is 2.88. The Kier molecular flexibility index (Phi) is 4.16. The highest BCUT2D eigenvalue weighted by Crippen LogP contribution is 2.24. The van der Waals surface area contributed by atoms with Gasteiger partial charge in [-0.2, -0.15) is 0 Å². The van der Waals surface area contributed by atoms with Crippen LogP contribution in [0.15, 0.2) is 23.7 Å². The van der Waals surface area contributed by atoms with Gasteiger partial charge < -0.3 is 5.32 Å². The van der Waals surface area contributed by atoms with Crippen LogP contribution in [0.25, 0.3) is 10.2 Å². The molecule has 0 spiro atoms. The lowest BCUT2D eigenvalue weighted by Crippen LogP contribution is -2.43. The fourth-order valence-electron chi connectivity index (χ4n) is 2.63. The van der Waals surface area contributed by atoms with Crippen molar-refractivity contribution >= 4 is 43.2 Å². The van der Waals surface area contributed by atoms with Crippen LogP contribution in [0.5, 0.6) is 0 Å². The summed E-state index contributed by atoms with van der Waals surface area (Å²) >= 11 is 1.52. The molecule has 3 rings (SSSR count). The van der Waals surface area contributed by atoms with Gasteiger partial charge in [-0.15, -0.1) is 11.3 Å². The summed E-state index contributed by atoms with van der Waals surface area (Å²) in [6.07, 6.45) is 2.60. The number of amides is 1. The zero-order valence-corrected chi connectivity index (χ0v) is 13.8. The lowest BCUT2D eigenvalue weighted by molar-refractivity contribution is -0.120. The molecule has 0 saturated carbocycles. The first-order valence-electron chi connectivity index (χ1n) is 7.03. The van der Waals surface area contributed by atoms with Crippen LogP contribution in [0.2, 0.25) is 0 Å². The number of hydrogen-bond acceptors (Lipinski definition) is 5. The summed E-state index contributed by atoms with van der Waals surface area (Å²) in [4.78, 5) is 16.6. The van der Waals surface area contributed by atoms with E-state index in [0.29, 0.717) is 19.4 Å². The molecule has 8 heteroatoms. The van der Waals surface area contributed by atoms with Gasteiger partial charge >= 0.3 is 0 Å². The Hall–Kier alpha value is -1.51. The summed E-state index contributed by atoms with van der Waals surface area (Å²) in [5.41, 5.74) is 3.39. The molecular formula is C14H17N3O3S2. The highest BCUT2D eigenvalue weighted by Gasteiger charge is 2.30. The van der Waals surface area contributed by atoms with Crippen molar-refractivity contribution in [2.75, 3.05) is 24.7 Å². The number of thiazole rings is 1. The molecule has 0 bridgehead atoms. The van der Waals surface area contributed by atoms with E-state index in [1.54, 1.807) is 5.51 Å². The third-order valence-electron chi connectivity index (χ3n) is 3.82. The van der Waals surface area contributed by atoms with Gasteiger partial charge in [-0.1, -0.05) is 0 Å². The van der Waals surface area contributed by atoms with E-state index < -0.39 is 10.0 Å². The number of anilines is 1. The van der Waals surface area contributed by atoms with Crippen molar-refractivity contribution in [1.82, 2.24) is 9.29 Å². The molecule has 2 heterocycles. The van der Waals surface area contributed by atoms with Gasteiger partial charge in [0.25, 0.3) is 0 Å². The molecule has 0 aliphatic carbocycles. The summed E-state index contributed by atoms with van der Waals surface area (Å²) in [5.74, 6) is -0.433. The van der Waals surface area contributed by atoms with E-state index in [4.69, 9.17) is 0 Å². The quantitative estimate of drug-likeness (QED) is 0.926. The van der Waals surface area contributed by atoms with Crippen LogP contribution < -0.4 is 5.32 Å². The van der Waals surface area contributed by atoms with Crippen LogP contribution in [0.1, 0.15) is 12.8 Å². The standard InChI is InChI=1S/C14H17N3O3S2/c1-22(19,20)17-6-2-3-10(8-17)14(18)16-11-4-5-12-13(7-11)21-9-15-12/h4-5,7,9-10H,2-3,6,8H2,1H3,(H,16,18). The van der Waals surface area contributed by atoms with Crippen molar-refractivity contribution in [3.8, 4) is 0 Å². The van der Waals surface area contributed by atoms with Gasteiger partial charge in [-0.25, -0.2) is 17.7 Å². The lowest BCUT2D eigenvalue weighted by Gasteiger charge is -2.30. The molecule has 1 aromatic heterocycles. The zero-order valence-electron chi connectivity index (χ0n) is 12.2.